The van der Waals surface area contributed by atoms with Crippen molar-refractivity contribution in [2.75, 3.05) is 39.4 Å². The third-order valence-electron chi connectivity index (χ3n) is 6.94. The first-order valence-corrected chi connectivity index (χ1v) is 12.7. The van der Waals surface area contributed by atoms with Crippen LogP contribution in [0.25, 0.3) is 0 Å². The van der Waals surface area contributed by atoms with Crippen molar-refractivity contribution in [3.05, 3.63) is 35.9 Å². The lowest BCUT2D eigenvalue weighted by Gasteiger charge is -2.33. The molecule has 8 heteroatoms. The smallest absolute Gasteiger partial charge is 0.233 e. The number of ketones is 1. The van der Waals surface area contributed by atoms with E-state index in [1.807, 2.05) is 51.1 Å². The van der Waals surface area contributed by atoms with Crippen LogP contribution in [0.5, 0.6) is 0 Å². The van der Waals surface area contributed by atoms with Crippen LogP contribution in [0.1, 0.15) is 52.5 Å². The molecule has 1 aliphatic heterocycles. The van der Waals surface area contributed by atoms with E-state index in [2.05, 4.69) is 10.2 Å². The van der Waals surface area contributed by atoms with Crippen LogP contribution in [0.2, 0.25) is 0 Å². The van der Waals surface area contributed by atoms with Gasteiger partial charge in [0, 0.05) is 44.4 Å². The van der Waals surface area contributed by atoms with Gasteiger partial charge in [-0.15, -0.1) is 0 Å². The van der Waals surface area contributed by atoms with E-state index in [1.54, 1.807) is 6.92 Å². The third-order valence-corrected chi connectivity index (χ3v) is 6.94. The summed E-state index contributed by atoms with van der Waals surface area (Å²) in [5.74, 6) is -1.30. The quantitative estimate of drug-likeness (QED) is 0.237. The number of morpholine rings is 1. The lowest BCUT2D eigenvalue weighted by Crippen LogP contribution is -2.46. The minimum Gasteiger partial charge on any atom is -0.379 e. The summed E-state index contributed by atoms with van der Waals surface area (Å²) in [6.07, 6.45) is 2.47. The number of aryl methyl sites for hydroxylation is 1. The highest BCUT2D eigenvalue weighted by Gasteiger charge is 2.37. The molecule has 1 aliphatic rings. The average molecular weight is 490 g/mol. The van der Waals surface area contributed by atoms with Crippen LogP contribution in [-0.2, 0) is 25.5 Å². The third kappa shape index (κ3) is 9.70. The molecule has 1 aromatic carbocycles. The number of nitrogens with one attached hydrogen (secondary N) is 1. The fourth-order valence-corrected chi connectivity index (χ4v) is 4.55. The van der Waals surface area contributed by atoms with E-state index in [-0.39, 0.29) is 18.1 Å². The van der Waals surface area contributed by atoms with Gasteiger partial charge in [0.2, 0.25) is 12.3 Å². The summed E-state index contributed by atoms with van der Waals surface area (Å²) in [5, 5.41) is 13.6. The highest BCUT2D eigenvalue weighted by Crippen LogP contribution is 2.32. The number of hydrogen-bond acceptors (Lipinski definition) is 6. The lowest BCUT2D eigenvalue weighted by molar-refractivity contribution is -0.166. The predicted octanol–water partition coefficient (Wildman–Crippen LogP) is 2.93. The first-order chi connectivity index (χ1) is 16.6. The van der Waals surface area contributed by atoms with Gasteiger partial charge in [0.15, 0.2) is 0 Å². The van der Waals surface area contributed by atoms with Crippen LogP contribution in [0.3, 0.4) is 0 Å². The Balaban J connectivity index is 2.01. The predicted molar refractivity (Wildman–Crippen MR) is 135 cm³/mol. The first-order valence-electron chi connectivity index (χ1n) is 12.7. The SMILES string of the molecule is C[C@H]([C@H](CCCc1ccccc1)C(=O)C[C@H](C(=O)NCCN1CCOCC1)C(C)(C)C)N(O)C=O. The summed E-state index contributed by atoms with van der Waals surface area (Å²) in [5.41, 5.74) is 0.759. The van der Waals surface area contributed by atoms with Crippen LogP contribution in [0, 0.1) is 17.3 Å². The Morgan fingerprint density at radius 2 is 1.86 bits per heavy atom. The zero-order valence-electron chi connectivity index (χ0n) is 21.7. The molecule has 1 saturated heterocycles. The summed E-state index contributed by atoms with van der Waals surface area (Å²) in [7, 11) is 0. The Bertz CT molecular complexity index is 790. The molecule has 0 aliphatic carbocycles. The van der Waals surface area contributed by atoms with Gasteiger partial charge in [-0.1, -0.05) is 51.1 Å². The van der Waals surface area contributed by atoms with Gasteiger partial charge in [0.25, 0.3) is 0 Å². The van der Waals surface area contributed by atoms with E-state index in [1.165, 1.54) is 5.56 Å². The zero-order chi connectivity index (χ0) is 25.8. The van der Waals surface area contributed by atoms with Gasteiger partial charge in [-0.05, 0) is 37.2 Å². The van der Waals surface area contributed by atoms with E-state index in [0.717, 1.165) is 32.5 Å². The van der Waals surface area contributed by atoms with Crippen LogP contribution in [0.4, 0.5) is 0 Å². The Morgan fingerprint density at radius 3 is 2.46 bits per heavy atom. The number of amides is 2. The number of hydroxylamine groups is 2. The minimum atomic E-state index is -0.666. The number of rotatable bonds is 14. The summed E-state index contributed by atoms with van der Waals surface area (Å²) < 4.78 is 5.36. The van der Waals surface area contributed by atoms with Crippen molar-refractivity contribution in [1.29, 1.82) is 0 Å². The molecular formula is C27H43N3O5. The molecule has 2 amide bonds. The fraction of sp³-hybridized carbons (Fsp3) is 0.667. The van der Waals surface area contributed by atoms with Gasteiger partial charge < -0.3 is 10.1 Å². The molecule has 2 rings (SSSR count). The Labute approximate surface area is 210 Å². The highest BCUT2D eigenvalue weighted by atomic mass is 16.5. The summed E-state index contributed by atoms with van der Waals surface area (Å²) >= 11 is 0. The van der Waals surface area contributed by atoms with Crippen molar-refractivity contribution in [1.82, 2.24) is 15.3 Å². The lowest BCUT2D eigenvalue weighted by atomic mass is 9.74. The molecule has 8 nitrogen and oxygen atoms in total. The number of benzene rings is 1. The second-order valence-electron chi connectivity index (χ2n) is 10.5. The number of hydrogen-bond donors (Lipinski definition) is 2. The maximum absolute atomic E-state index is 13.5. The van der Waals surface area contributed by atoms with Crippen LogP contribution in [0.15, 0.2) is 30.3 Å². The molecule has 0 radical (unpaired) electrons. The van der Waals surface area contributed by atoms with Crippen molar-refractivity contribution in [3.63, 3.8) is 0 Å². The highest BCUT2D eigenvalue weighted by molar-refractivity contribution is 5.89. The molecule has 0 unspecified atom stereocenters. The maximum Gasteiger partial charge on any atom is 0.233 e. The first kappa shape index (κ1) is 28.9. The molecule has 196 valence electrons. The average Bonchev–Trinajstić information content (AvgIpc) is 2.84. The molecular weight excluding hydrogens is 446 g/mol. The van der Waals surface area contributed by atoms with E-state index in [0.29, 0.717) is 37.7 Å². The number of ether oxygens (including phenoxy) is 1. The number of Topliss-reactive ketones (excluding diaryl/α,β-unsaturated/α-hetero) is 1. The Morgan fingerprint density at radius 1 is 1.20 bits per heavy atom. The van der Waals surface area contributed by atoms with Crippen molar-refractivity contribution in [2.45, 2.75) is 59.4 Å². The molecule has 3 atom stereocenters. The standard InChI is InChI=1S/C27H43N3O5/c1-21(30(34)20-31)23(12-8-11-22-9-6-5-7-10-22)25(32)19-24(27(2,3)4)26(33)28-13-14-29-15-17-35-18-16-29/h5-7,9-10,20-21,23-24,34H,8,11-19H2,1-4H3,(H,28,33)/t21-,23+,24-/m1/s1. The Kier molecular flexibility index (Phi) is 11.8. The Hall–Kier alpha value is -2.29. The van der Waals surface area contributed by atoms with E-state index < -0.39 is 23.3 Å². The normalized spacial score (nSPS) is 17.3. The second-order valence-corrected chi connectivity index (χ2v) is 10.5. The van der Waals surface area contributed by atoms with E-state index in [9.17, 15) is 19.6 Å². The maximum atomic E-state index is 13.5. The largest absolute Gasteiger partial charge is 0.379 e. The summed E-state index contributed by atoms with van der Waals surface area (Å²) in [4.78, 5) is 40.0. The number of carbonyl (C=O) groups excluding carboxylic acids is 3. The second kappa shape index (κ2) is 14.3. The molecule has 1 aromatic rings. The number of nitrogens with zero attached hydrogens (tertiary/aromatic N) is 2. The van der Waals surface area contributed by atoms with Gasteiger partial charge in [-0.2, -0.15) is 0 Å². The van der Waals surface area contributed by atoms with Crippen molar-refractivity contribution < 1.29 is 24.3 Å². The van der Waals surface area contributed by atoms with Gasteiger partial charge in [0.1, 0.15) is 5.78 Å². The zero-order valence-corrected chi connectivity index (χ0v) is 21.7. The molecule has 1 heterocycles. The van der Waals surface area contributed by atoms with Gasteiger partial charge in [-0.25, -0.2) is 5.06 Å². The molecule has 35 heavy (non-hydrogen) atoms. The van der Waals surface area contributed by atoms with Gasteiger partial charge in [-0.3, -0.25) is 24.5 Å². The van der Waals surface area contributed by atoms with Crippen LogP contribution < -0.4 is 5.32 Å². The minimum absolute atomic E-state index is 0.0694. The summed E-state index contributed by atoms with van der Waals surface area (Å²) in [6, 6.07) is 9.34. The molecule has 0 spiro atoms. The van der Waals surface area contributed by atoms with Crippen LogP contribution >= 0.6 is 0 Å². The topological polar surface area (TPSA) is 99.2 Å². The molecule has 2 N–H and O–H groups in total. The molecule has 0 saturated carbocycles. The van der Waals surface area contributed by atoms with Crippen LogP contribution in [-0.4, -0.2) is 78.7 Å². The molecule has 0 bridgehead atoms. The monoisotopic (exact) mass is 489 g/mol. The fourth-order valence-electron chi connectivity index (χ4n) is 4.55. The molecule has 0 aromatic heterocycles. The van der Waals surface area contributed by atoms with E-state index in [4.69, 9.17) is 4.74 Å². The number of carbonyl (C=O) groups is 3. The van der Waals surface area contributed by atoms with Crippen molar-refractivity contribution in [3.8, 4) is 0 Å². The molecule has 1 fully saturated rings. The van der Waals surface area contributed by atoms with Gasteiger partial charge >= 0.3 is 0 Å². The van der Waals surface area contributed by atoms with Crippen molar-refractivity contribution >= 4 is 18.1 Å². The van der Waals surface area contributed by atoms with E-state index >= 15 is 0 Å². The van der Waals surface area contributed by atoms with Gasteiger partial charge in [0.05, 0.1) is 19.3 Å². The van der Waals surface area contributed by atoms with Crippen molar-refractivity contribution in [2.24, 2.45) is 17.3 Å². The summed E-state index contributed by atoms with van der Waals surface area (Å²) in [6.45, 7) is 12.0.